The zero-order valence-corrected chi connectivity index (χ0v) is 11.4. The van der Waals surface area contributed by atoms with Gasteiger partial charge in [0.2, 0.25) is 0 Å². The van der Waals surface area contributed by atoms with Crippen LogP contribution in [0.25, 0.3) is 0 Å². The summed E-state index contributed by atoms with van der Waals surface area (Å²) in [6.07, 6.45) is 1.75. The van der Waals surface area contributed by atoms with Crippen molar-refractivity contribution in [2.45, 2.75) is 26.5 Å². The maximum Gasteiger partial charge on any atom is 0.189 e. The molecule has 17 heavy (non-hydrogen) atoms. The topological polar surface area (TPSA) is 17.1 Å². The van der Waals surface area contributed by atoms with Crippen molar-refractivity contribution in [2.24, 2.45) is 0 Å². The fraction of sp³-hybridized carbons (Fsp3) is 0.267. The summed E-state index contributed by atoms with van der Waals surface area (Å²) in [5.41, 5.74) is 2.91. The van der Waals surface area contributed by atoms with E-state index >= 15 is 0 Å². The number of rotatable bonds is 0. The second kappa shape index (κ2) is 6.45. The van der Waals surface area contributed by atoms with Crippen molar-refractivity contribution in [1.29, 1.82) is 0 Å². The van der Waals surface area contributed by atoms with Crippen molar-refractivity contribution >= 4 is 17.5 Å². The largest absolute Gasteiger partial charge is 0.289 e. The number of hydrogen-bond donors (Lipinski definition) is 0. The van der Waals surface area contributed by atoms with Crippen LogP contribution in [0, 0.1) is 0 Å². The number of hydrogen-bond acceptors (Lipinski definition) is 2. The summed E-state index contributed by atoms with van der Waals surface area (Å²) < 4.78 is 0. The highest BCUT2D eigenvalue weighted by atomic mass is 32.2. The number of benzene rings is 1. The molecule has 2 rings (SSSR count). The minimum absolute atomic E-state index is 0.183. The number of carbonyl (C=O) groups is 1. The third kappa shape index (κ3) is 3.34. The zero-order valence-electron chi connectivity index (χ0n) is 10.6. The SMILES string of the molecule is C=CC.CC1=C(C)C(=O)c2ccccc2CS1. The van der Waals surface area contributed by atoms with E-state index in [0.717, 1.165) is 27.4 Å². The van der Waals surface area contributed by atoms with Crippen LogP contribution in [-0.2, 0) is 5.75 Å². The predicted molar refractivity (Wildman–Crippen MR) is 76.3 cm³/mol. The monoisotopic (exact) mass is 246 g/mol. The lowest BCUT2D eigenvalue weighted by Crippen LogP contribution is -2.02. The van der Waals surface area contributed by atoms with Gasteiger partial charge < -0.3 is 0 Å². The summed E-state index contributed by atoms with van der Waals surface area (Å²) in [4.78, 5) is 13.1. The van der Waals surface area contributed by atoms with E-state index in [2.05, 4.69) is 6.58 Å². The fourth-order valence-electron chi connectivity index (χ4n) is 1.52. The molecular weight excluding hydrogens is 228 g/mol. The van der Waals surface area contributed by atoms with Gasteiger partial charge in [0.1, 0.15) is 0 Å². The Bertz CT molecular complexity index is 458. The first-order chi connectivity index (χ1) is 8.11. The number of allylic oxidation sites excluding steroid dienone is 3. The minimum Gasteiger partial charge on any atom is -0.289 e. The van der Waals surface area contributed by atoms with Gasteiger partial charge in [-0.1, -0.05) is 30.3 Å². The van der Waals surface area contributed by atoms with Gasteiger partial charge in [0.05, 0.1) is 0 Å². The molecule has 0 spiro atoms. The van der Waals surface area contributed by atoms with Crippen LogP contribution in [0.15, 0.2) is 47.4 Å². The van der Waals surface area contributed by atoms with Crippen molar-refractivity contribution in [3.05, 3.63) is 58.5 Å². The third-order valence-corrected chi connectivity index (χ3v) is 3.77. The van der Waals surface area contributed by atoms with E-state index in [-0.39, 0.29) is 5.78 Å². The van der Waals surface area contributed by atoms with E-state index < -0.39 is 0 Å². The Hall–Kier alpha value is -1.28. The van der Waals surface area contributed by atoms with Crippen LogP contribution in [0.4, 0.5) is 0 Å². The normalized spacial score (nSPS) is 14.4. The molecule has 0 amide bonds. The van der Waals surface area contributed by atoms with Crippen LogP contribution in [0.1, 0.15) is 36.7 Å². The highest BCUT2D eigenvalue weighted by Gasteiger charge is 2.18. The van der Waals surface area contributed by atoms with Crippen molar-refractivity contribution < 1.29 is 4.79 Å². The Morgan fingerprint density at radius 1 is 1.29 bits per heavy atom. The molecule has 1 aromatic rings. The summed E-state index contributed by atoms with van der Waals surface area (Å²) in [6.45, 7) is 9.18. The van der Waals surface area contributed by atoms with Gasteiger partial charge in [-0.2, -0.15) is 0 Å². The standard InChI is InChI=1S/C12H12OS.C3H6/c1-8-9(2)14-7-10-5-3-4-6-11(10)12(8)13;1-3-2/h3-6H,7H2,1-2H3;3H,1H2,2H3. The second-order valence-electron chi connectivity index (χ2n) is 3.86. The van der Waals surface area contributed by atoms with Crippen LogP contribution >= 0.6 is 11.8 Å². The van der Waals surface area contributed by atoms with E-state index in [1.54, 1.807) is 17.8 Å². The van der Waals surface area contributed by atoms with Crippen molar-refractivity contribution in [2.75, 3.05) is 0 Å². The van der Waals surface area contributed by atoms with E-state index in [1.165, 1.54) is 0 Å². The lowest BCUT2D eigenvalue weighted by Gasteiger charge is -2.02. The van der Waals surface area contributed by atoms with Gasteiger partial charge in [0.15, 0.2) is 5.78 Å². The average molecular weight is 246 g/mol. The summed E-state index contributed by atoms with van der Waals surface area (Å²) >= 11 is 1.75. The van der Waals surface area contributed by atoms with Gasteiger partial charge >= 0.3 is 0 Å². The van der Waals surface area contributed by atoms with Crippen LogP contribution < -0.4 is 0 Å². The molecule has 0 radical (unpaired) electrons. The molecule has 0 saturated carbocycles. The first-order valence-corrected chi connectivity index (χ1v) is 6.60. The predicted octanol–water partition coefficient (Wildman–Crippen LogP) is 4.60. The molecule has 0 fully saturated rings. The first-order valence-electron chi connectivity index (χ1n) is 5.61. The molecule has 1 aromatic carbocycles. The van der Waals surface area contributed by atoms with E-state index in [0.29, 0.717) is 0 Å². The number of fused-ring (bicyclic) bond motifs is 1. The van der Waals surface area contributed by atoms with Crippen LogP contribution in [-0.4, -0.2) is 5.78 Å². The second-order valence-corrected chi connectivity index (χ2v) is 5.05. The number of ketones is 1. The Balaban J connectivity index is 0.000000437. The molecule has 0 bridgehead atoms. The summed E-state index contributed by atoms with van der Waals surface area (Å²) in [7, 11) is 0. The van der Waals surface area contributed by atoms with Gasteiger partial charge in [-0.05, 0) is 31.2 Å². The summed E-state index contributed by atoms with van der Waals surface area (Å²) in [5.74, 6) is 1.09. The Morgan fingerprint density at radius 3 is 2.53 bits per heavy atom. The molecule has 0 unspecified atom stereocenters. The average Bonchev–Trinajstić information content (AvgIpc) is 2.44. The summed E-state index contributed by atoms with van der Waals surface area (Å²) in [6, 6.07) is 7.87. The van der Waals surface area contributed by atoms with Crippen LogP contribution in [0.2, 0.25) is 0 Å². The van der Waals surface area contributed by atoms with E-state index in [9.17, 15) is 4.79 Å². The molecule has 90 valence electrons. The highest BCUT2D eigenvalue weighted by molar-refractivity contribution is 8.02. The first kappa shape index (κ1) is 13.8. The molecule has 0 N–H and O–H groups in total. The van der Waals surface area contributed by atoms with E-state index in [4.69, 9.17) is 0 Å². The highest BCUT2D eigenvalue weighted by Crippen LogP contribution is 2.31. The molecule has 1 heterocycles. The van der Waals surface area contributed by atoms with Gasteiger partial charge in [0.25, 0.3) is 0 Å². The zero-order chi connectivity index (χ0) is 12.8. The smallest absolute Gasteiger partial charge is 0.189 e. The molecular formula is C15H18OS. The molecule has 2 heteroatoms. The molecule has 0 aromatic heterocycles. The fourth-order valence-corrected chi connectivity index (χ4v) is 2.46. The lowest BCUT2D eigenvalue weighted by molar-refractivity contribution is 0.103. The molecule has 0 atom stereocenters. The van der Waals surface area contributed by atoms with Crippen LogP contribution in [0.5, 0.6) is 0 Å². The van der Waals surface area contributed by atoms with Crippen molar-refractivity contribution in [3.63, 3.8) is 0 Å². The number of thioether (sulfide) groups is 1. The van der Waals surface area contributed by atoms with Gasteiger partial charge in [-0.15, -0.1) is 18.3 Å². The Morgan fingerprint density at radius 2 is 1.88 bits per heavy atom. The summed E-state index contributed by atoms with van der Waals surface area (Å²) in [5, 5.41) is 0. The molecule has 1 nitrogen and oxygen atoms in total. The van der Waals surface area contributed by atoms with Crippen molar-refractivity contribution in [1.82, 2.24) is 0 Å². The molecule has 1 aliphatic rings. The minimum atomic E-state index is 0.183. The Labute approximate surface area is 108 Å². The maximum absolute atomic E-state index is 12.0. The Kier molecular flexibility index (Phi) is 5.23. The number of carbonyl (C=O) groups excluding carboxylic acids is 1. The number of Topliss-reactive ketones (excluding diaryl/α,β-unsaturated/α-hetero) is 1. The molecule has 0 aliphatic carbocycles. The third-order valence-electron chi connectivity index (χ3n) is 2.57. The van der Waals surface area contributed by atoms with E-state index in [1.807, 2.05) is 45.0 Å². The maximum atomic E-state index is 12.0. The van der Waals surface area contributed by atoms with Crippen LogP contribution in [0.3, 0.4) is 0 Å². The van der Waals surface area contributed by atoms with Crippen molar-refractivity contribution in [3.8, 4) is 0 Å². The quantitative estimate of drug-likeness (QED) is 0.622. The van der Waals surface area contributed by atoms with Gasteiger partial charge in [-0.25, -0.2) is 0 Å². The molecule has 0 saturated heterocycles. The lowest BCUT2D eigenvalue weighted by atomic mass is 10.0. The molecule has 1 aliphatic heterocycles. The van der Waals surface area contributed by atoms with Gasteiger partial charge in [0, 0.05) is 16.9 Å². The van der Waals surface area contributed by atoms with Gasteiger partial charge in [-0.3, -0.25) is 4.79 Å².